The highest BCUT2D eigenvalue weighted by Gasteiger charge is 2.30. The molecule has 0 aliphatic heterocycles. The van der Waals surface area contributed by atoms with E-state index >= 15 is 0 Å². The molecule has 0 bridgehead atoms. The maximum Gasteiger partial charge on any atom is 0.152 e. The molecule has 29 heavy (non-hydrogen) atoms. The van der Waals surface area contributed by atoms with E-state index in [-0.39, 0.29) is 28.6 Å². The topological polar surface area (TPSA) is 64.3 Å². The molecule has 0 radical (unpaired) electrons. The van der Waals surface area contributed by atoms with Gasteiger partial charge in [0.05, 0.1) is 17.3 Å². The summed E-state index contributed by atoms with van der Waals surface area (Å²) in [7, 11) is -3.01. The van der Waals surface area contributed by atoms with Crippen molar-refractivity contribution in [2.75, 3.05) is 5.75 Å². The van der Waals surface area contributed by atoms with Gasteiger partial charge in [0.2, 0.25) is 0 Å². The Morgan fingerprint density at radius 1 is 1.07 bits per heavy atom. The lowest BCUT2D eigenvalue weighted by Crippen LogP contribution is -2.29. The van der Waals surface area contributed by atoms with Gasteiger partial charge < -0.3 is 4.42 Å². The fourth-order valence-corrected chi connectivity index (χ4v) is 5.65. The van der Waals surface area contributed by atoms with Crippen LogP contribution >= 0.6 is 0 Å². The van der Waals surface area contributed by atoms with Crippen LogP contribution in [0.25, 0.3) is 11.3 Å². The molecular weight excluding hydrogens is 384 g/mol. The molecule has 0 saturated heterocycles. The van der Waals surface area contributed by atoms with Gasteiger partial charge in [0.15, 0.2) is 9.84 Å². The van der Waals surface area contributed by atoms with Crippen molar-refractivity contribution in [3.8, 4) is 11.3 Å². The molecule has 4 nitrogen and oxygen atoms in total. The molecule has 5 heteroatoms. The number of carbonyl (C=O) groups excluding carboxylic acids is 1. The molecule has 1 aromatic carbocycles. The molecule has 1 fully saturated rings. The van der Waals surface area contributed by atoms with Crippen LogP contribution in [0.3, 0.4) is 0 Å². The second-order valence-corrected chi connectivity index (χ2v) is 11.3. The molecule has 1 heterocycles. The van der Waals surface area contributed by atoms with Crippen LogP contribution in [0.4, 0.5) is 0 Å². The summed E-state index contributed by atoms with van der Waals surface area (Å²) in [5.74, 6) is 1.64. The minimum absolute atomic E-state index is 0.0532. The van der Waals surface area contributed by atoms with Gasteiger partial charge in [0, 0.05) is 17.9 Å². The second-order valence-electron chi connectivity index (χ2n) is 8.74. The summed E-state index contributed by atoms with van der Waals surface area (Å²) < 4.78 is 29.8. The molecule has 0 N–H and O–H groups in total. The summed E-state index contributed by atoms with van der Waals surface area (Å²) >= 11 is 0. The predicted octanol–water partition coefficient (Wildman–Crippen LogP) is 5.30. The molecule has 3 rings (SSSR count). The number of hydrogen-bond donors (Lipinski definition) is 0. The quantitative estimate of drug-likeness (QED) is 0.614. The number of Topliss-reactive ketones (excluding diaryl/α,β-unsaturated/α-hetero) is 1. The molecule has 158 valence electrons. The van der Waals surface area contributed by atoms with Gasteiger partial charge in [0.1, 0.15) is 11.5 Å². The van der Waals surface area contributed by atoms with E-state index in [9.17, 15) is 13.2 Å². The number of ketones is 1. The van der Waals surface area contributed by atoms with Crippen LogP contribution < -0.4 is 0 Å². The highest BCUT2D eigenvalue weighted by Crippen LogP contribution is 2.33. The van der Waals surface area contributed by atoms with Crippen LogP contribution in [0.1, 0.15) is 56.2 Å². The lowest BCUT2D eigenvalue weighted by molar-refractivity contribution is -0.123. The Balaban J connectivity index is 1.61. The molecule has 0 amide bonds. The molecular formula is C24H32O4S. The van der Waals surface area contributed by atoms with Gasteiger partial charge in [0.25, 0.3) is 0 Å². The summed E-state index contributed by atoms with van der Waals surface area (Å²) in [5.41, 5.74) is 4.43. The summed E-state index contributed by atoms with van der Waals surface area (Å²) in [6.07, 6.45) is 5.39. The van der Waals surface area contributed by atoms with Crippen molar-refractivity contribution in [2.24, 2.45) is 11.8 Å². The second kappa shape index (κ2) is 8.86. The van der Waals surface area contributed by atoms with Crippen molar-refractivity contribution in [1.82, 2.24) is 0 Å². The van der Waals surface area contributed by atoms with Crippen LogP contribution in [0.2, 0.25) is 0 Å². The van der Waals surface area contributed by atoms with Crippen molar-refractivity contribution < 1.29 is 17.6 Å². The van der Waals surface area contributed by atoms with E-state index in [1.807, 2.05) is 24.3 Å². The largest absolute Gasteiger partial charge is 0.464 e. The molecule has 1 aromatic heterocycles. The molecule has 0 atom stereocenters. The fraction of sp³-hybridized carbons (Fsp3) is 0.542. The zero-order chi connectivity index (χ0) is 21.2. The van der Waals surface area contributed by atoms with Gasteiger partial charge >= 0.3 is 0 Å². The van der Waals surface area contributed by atoms with Gasteiger partial charge in [-0.05, 0) is 88.1 Å². The van der Waals surface area contributed by atoms with Crippen molar-refractivity contribution in [2.45, 2.75) is 65.0 Å². The van der Waals surface area contributed by atoms with E-state index in [4.69, 9.17) is 4.42 Å². The van der Waals surface area contributed by atoms with E-state index in [0.29, 0.717) is 6.42 Å². The fourth-order valence-electron chi connectivity index (χ4n) is 4.27. The first-order chi connectivity index (χ1) is 13.7. The summed E-state index contributed by atoms with van der Waals surface area (Å²) in [6.45, 7) is 7.62. The molecule has 0 unspecified atom stereocenters. The number of hydrogen-bond acceptors (Lipinski definition) is 4. The van der Waals surface area contributed by atoms with Crippen molar-refractivity contribution in [1.29, 1.82) is 0 Å². The van der Waals surface area contributed by atoms with Gasteiger partial charge in [-0.3, -0.25) is 4.79 Å². The van der Waals surface area contributed by atoms with Crippen molar-refractivity contribution in [3.05, 3.63) is 47.2 Å². The number of carbonyl (C=O) groups is 1. The average Bonchev–Trinajstić information content (AvgIpc) is 3.20. The van der Waals surface area contributed by atoms with Gasteiger partial charge in [-0.1, -0.05) is 12.1 Å². The van der Waals surface area contributed by atoms with E-state index in [1.165, 1.54) is 0 Å². The molecule has 0 spiro atoms. The lowest BCUT2D eigenvalue weighted by atomic mass is 9.79. The first-order valence-corrected chi connectivity index (χ1v) is 12.3. The van der Waals surface area contributed by atoms with Crippen molar-refractivity contribution in [3.63, 3.8) is 0 Å². The zero-order valence-electron chi connectivity index (χ0n) is 17.9. The maximum atomic E-state index is 12.9. The highest BCUT2D eigenvalue weighted by molar-refractivity contribution is 7.91. The zero-order valence-corrected chi connectivity index (χ0v) is 18.7. The van der Waals surface area contributed by atoms with Crippen LogP contribution in [-0.2, 0) is 21.1 Å². The normalized spacial score (nSPS) is 20.2. The minimum atomic E-state index is -3.01. The smallest absolute Gasteiger partial charge is 0.152 e. The predicted molar refractivity (Wildman–Crippen MR) is 117 cm³/mol. The van der Waals surface area contributed by atoms with Crippen LogP contribution in [-0.4, -0.2) is 25.2 Å². The van der Waals surface area contributed by atoms with Gasteiger partial charge in [-0.2, -0.15) is 0 Å². The van der Waals surface area contributed by atoms with Crippen LogP contribution in [0, 0.1) is 25.7 Å². The standard InChI is InChI=1S/C24H32O4S/c1-16(2)29(26,27)15-19-7-9-20(10-8-19)23(25)14-21-11-12-22(18(4)17(21)3)24-6-5-13-28-24/h5-6,11-13,16,19-20H,7-10,14-15H2,1-4H3. The third-order valence-corrected chi connectivity index (χ3v) is 8.91. The Hall–Kier alpha value is -1.88. The Morgan fingerprint density at radius 2 is 1.76 bits per heavy atom. The average molecular weight is 417 g/mol. The van der Waals surface area contributed by atoms with E-state index in [1.54, 1.807) is 20.1 Å². The Kier molecular flexibility index (Phi) is 6.67. The first kappa shape index (κ1) is 21.8. The highest BCUT2D eigenvalue weighted by atomic mass is 32.2. The Morgan fingerprint density at radius 3 is 2.34 bits per heavy atom. The lowest BCUT2D eigenvalue weighted by Gasteiger charge is -2.28. The number of rotatable bonds is 7. The minimum Gasteiger partial charge on any atom is -0.464 e. The molecule has 2 aromatic rings. The van der Waals surface area contributed by atoms with Crippen LogP contribution in [0.15, 0.2) is 34.9 Å². The maximum absolute atomic E-state index is 12.9. The first-order valence-electron chi connectivity index (χ1n) is 10.6. The van der Waals surface area contributed by atoms with E-state index < -0.39 is 9.84 Å². The summed E-state index contributed by atoms with van der Waals surface area (Å²) in [5, 5.41) is -0.322. The summed E-state index contributed by atoms with van der Waals surface area (Å²) in [4.78, 5) is 12.9. The third kappa shape index (κ3) is 5.00. The number of furan rings is 1. The third-order valence-electron chi connectivity index (χ3n) is 6.54. The van der Waals surface area contributed by atoms with Crippen molar-refractivity contribution >= 4 is 15.6 Å². The monoisotopic (exact) mass is 416 g/mol. The van der Waals surface area contributed by atoms with Gasteiger partial charge in [-0.25, -0.2) is 8.42 Å². The molecule has 1 aliphatic carbocycles. The molecule has 1 aliphatic rings. The van der Waals surface area contributed by atoms with E-state index in [0.717, 1.165) is 53.7 Å². The Labute approximate surface area is 174 Å². The number of benzene rings is 1. The SMILES string of the molecule is Cc1c(CC(=O)C2CCC(CS(=O)(=O)C(C)C)CC2)ccc(-c2ccco2)c1C. The Bertz CT molecular complexity index is 947. The molecule has 1 saturated carbocycles. The van der Waals surface area contributed by atoms with Gasteiger partial charge in [-0.15, -0.1) is 0 Å². The van der Waals surface area contributed by atoms with Crippen LogP contribution in [0.5, 0.6) is 0 Å². The summed E-state index contributed by atoms with van der Waals surface area (Å²) in [6, 6.07) is 7.91. The van der Waals surface area contributed by atoms with E-state index in [2.05, 4.69) is 13.8 Å². The number of sulfone groups is 1.